The van der Waals surface area contributed by atoms with Crippen LogP contribution in [0.25, 0.3) is 16.5 Å². The van der Waals surface area contributed by atoms with Crippen LogP contribution in [0.1, 0.15) is 87.2 Å². The Morgan fingerprint density at radius 1 is 1.13 bits per heavy atom. The molecule has 0 radical (unpaired) electrons. The molecular weight excluding hydrogens is 498 g/mol. The number of nitrogens with zero attached hydrogens (tertiary/aromatic N) is 2. The first-order valence-corrected chi connectivity index (χ1v) is 14.4. The van der Waals surface area contributed by atoms with Crippen LogP contribution in [0.4, 0.5) is 0 Å². The van der Waals surface area contributed by atoms with E-state index < -0.39 is 0 Å². The molecule has 1 aliphatic carbocycles. The fourth-order valence-electron chi connectivity index (χ4n) is 5.22. The lowest BCUT2D eigenvalue weighted by Gasteiger charge is -2.23. The van der Waals surface area contributed by atoms with Crippen molar-refractivity contribution >= 4 is 34.3 Å². The van der Waals surface area contributed by atoms with Crippen molar-refractivity contribution in [1.82, 2.24) is 4.98 Å². The summed E-state index contributed by atoms with van der Waals surface area (Å²) in [7, 11) is 0. The average Bonchev–Trinajstić information content (AvgIpc) is 2.92. The zero-order valence-electron chi connectivity index (χ0n) is 23.8. The van der Waals surface area contributed by atoms with Crippen LogP contribution in [0.2, 0.25) is 5.15 Å². The number of pyridine rings is 1. The molecular formula is C35H40ClN3. The summed E-state index contributed by atoms with van der Waals surface area (Å²) in [5.74, 6) is 0.483. The minimum atomic E-state index is -0.0217. The topological polar surface area (TPSA) is 51.3 Å². The highest BCUT2D eigenvalue weighted by Crippen LogP contribution is 2.37. The van der Waals surface area contributed by atoms with Crippen molar-refractivity contribution in [2.45, 2.75) is 65.8 Å². The molecule has 2 N–H and O–H groups in total. The van der Waals surface area contributed by atoms with Crippen LogP contribution >= 0.6 is 11.6 Å². The van der Waals surface area contributed by atoms with Gasteiger partial charge in [-0.25, -0.2) is 4.98 Å². The van der Waals surface area contributed by atoms with Gasteiger partial charge in [0.15, 0.2) is 0 Å². The molecule has 3 nitrogen and oxygen atoms in total. The maximum Gasteiger partial charge on any atom is 0.130 e. The molecule has 39 heavy (non-hydrogen) atoms. The van der Waals surface area contributed by atoms with Crippen molar-refractivity contribution in [3.05, 3.63) is 118 Å². The molecule has 4 heteroatoms. The smallest absolute Gasteiger partial charge is 0.130 e. The number of benzene rings is 2. The number of fused-ring (bicyclic) bond motifs is 3. The second-order valence-corrected chi connectivity index (χ2v) is 11.0. The van der Waals surface area contributed by atoms with Crippen molar-refractivity contribution in [2.24, 2.45) is 16.6 Å². The Labute approximate surface area is 238 Å². The van der Waals surface area contributed by atoms with Crippen molar-refractivity contribution < 1.29 is 0 Å². The number of aromatic nitrogens is 1. The van der Waals surface area contributed by atoms with Crippen LogP contribution in [0.5, 0.6) is 0 Å². The van der Waals surface area contributed by atoms with E-state index >= 15 is 0 Å². The van der Waals surface area contributed by atoms with Crippen molar-refractivity contribution in [1.29, 1.82) is 0 Å². The normalized spacial score (nSPS) is 19.8. The van der Waals surface area contributed by atoms with E-state index in [0.717, 1.165) is 41.3 Å². The van der Waals surface area contributed by atoms with Gasteiger partial charge in [-0.05, 0) is 103 Å². The number of nitrogens with two attached hydrogens (primary N) is 1. The van der Waals surface area contributed by atoms with Gasteiger partial charge in [0, 0.05) is 29.8 Å². The first kappa shape index (κ1) is 28.7. The van der Waals surface area contributed by atoms with Crippen LogP contribution in [0, 0.1) is 5.92 Å². The maximum atomic E-state index is 6.49. The highest BCUT2D eigenvalue weighted by atomic mass is 35.5. The number of aryl methyl sites for hydroxylation is 1. The van der Waals surface area contributed by atoms with Crippen LogP contribution in [0.15, 0.2) is 89.6 Å². The fraction of sp³-hybridized carbons (Fsp3) is 0.314. The quantitative estimate of drug-likeness (QED) is 0.260. The van der Waals surface area contributed by atoms with E-state index in [1.165, 1.54) is 27.8 Å². The molecule has 1 heterocycles. The van der Waals surface area contributed by atoms with E-state index in [1.807, 2.05) is 18.5 Å². The van der Waals surface area contributed by atoms with Gasteiger partial charge >= 0.3 is 0 Å². The Morgan fingerprint density at radius 3 is 2.64 bits per heavy atom. The molecule has 0 saturated heterocycles. The van der Waals surface area contributed by atoms with E-state index in [-0.39, 0.29) is 12.0 Å². The predicted molar refractivity (Wildman–Crippen MR) is 170 cm³/mol. The van der Waals surface area contributed by atoms with Gasteiger partial charge < -0.3 is 5.73 Å². The third kappa shape index (κ3) is 6.84. The number of hydrogen-bond acceptors (Lipinski definition) is 3. The minimum Gasteiger partial charge on any atom is -0.324 e. The van der Waals surface area contributed by atoms with E-state index in [9.17, 15) is 0 Å². The highest BCUT2D eigenvalue weighted by molar-refractivity contribution is 6.30. The van der Waals surface area contributed by atoms with E-state index in [1.54, 1.807) is 0 Å². The van der Waals surface area contributed by atoms with Crippen LogP contribution in [0.3, 0.4) is 0 Å². The lowest BCUT2D eigenvalue weighted by molar-refractivity contribution is 0.754. The third-order valence-corrected chi connectivity index (χ3v) is 7.76. The number of halogens is 1. The molecule has 202 valence electrons. The zero-order valence-corrected chi connectivity index (χ0v) is 24.5. The molecule has 0 saturated carbocycles. The van der Waals surface area contributed by atoms with Gasteiger partial charge in [0.1, 0.15) is 5.15 Å². The summed E-state index contributed by atoms with van der Waals surface area (Å²) >= 11 is 6.49. The molecule has 4 rings (SSSR count). The van der Waals surface area contributed by atoms with Gasteiger partial charge in [0.05, 0.1) is 5.52 Å². The first-order chi connectivity index (χ1) is 18.8. The van der Waals surface area contributed by atoms with Gasteiger partial charge in [-0.15, -0.1) is 0 Å². The Balaban J connectivity index is 1.99. The molecule has 4 bridgehead atoms. The van der Waals surface area contributed by atoms with Crippen LogP contribution in [-0.4, -0.2) is 11.2 Å². The second-order valence-electron chi connectivity index (χ2n) is 10.6. The number of hydrogen-bond donors (Lipinski definition) is 1. The molecule has 0 fully saturated rings. The lowest BCUT2D eigenvalue weighted by atomic mass is 9.82. The van der Waals surface area contributed by atoms with E-state index in [2.05, 4.69) is 106 Å². The Bertz CT molecular complexity index is 1470. The van der Waals surface area contributed by atoms with E-state index in [0.29, 0.717) is 11.1 Å². The molecule has 0 amide bonds. The fourth-order valence-corrected chi connectivity index (χ4v) is 5.42. The van der Waals surface area contributed by atoms with Gasteiger partial charge in [-0.3, -0.25) is 4.99 Å². The molecule has 3 aromatic rings. The molecule has 0 spiro atoms. The Kier molecular flexibility index (Phi) is 9.72. The Hall–Kier alpha value is -3.27. The molecule has 0 aliphatic heterocycles. The first-order valence-electron chi connectivity index (χ1n) is 14.0. The number of allylic oxidation sites excluding steroid dienone is 7. The highest BCUT2D eigenvalue weighted by Gasteiger charge is 2.20. The number of aliphatic imine (C=N–C) groups is 1. The third-order valence-electron chi connectivity index (χ3n) is 7.57. The van der Waals surface area contributed by atoms with E-state index in [4.69, 9.17) is 22.3 Å². The number of rotatable bonds is 5. The summed E-state index contributed by atoms with van der Waals surface area (Å²) in [6.45, 7) is 10.7. The zero-order chi connectivity index (χ0) is 27.9. The molecule has 1 aromatic heterocycles. The van der Waals surface area contributed by atoms with Crippen molar-refractivity contribution in [3.8, 4) is 0 Å². The van der Waals surface area contributed by atoms with Crippen molar-refractivity contribution in [2.75, 3.05) is 0 Å². The monoisotopic (exact) mass is 537 g/mol. The summed E-state index contributed by atoms with van der Waals surface area (Å²) in [6, 6.07) is 15.3. The van der Waals surface area contributed by atoms with Gasteiger partial charge in [0.25, 0.3) is 0 Å². The van der Waals surface area contributed by atoms with Crippen LogP contribution < -0.4 is 5.73 Å². The SMILES string of the molecule is C/C=C1\C=C/C=CCCc2cc(ccc2C(C)N)C(/C(C)=C/N=CC(C)CC)c2ccc3nc(Cl)cc1c3c2. The van der Waals surface area contributed by atoms with Crippen LogP contribution in [-0.2, 0) is 6.42 Å². The average molecular weight is 538 g/mol. The lowest BCUT2D eigenvalue weighted by Crippen LogP contribution is -2.11. The van der Waals surface area contributed by atoms with Gasteiger partial charge in [-0.2, -0.15) is 0 Å². The van der Waals surface area contributed by atoms with Crippen molar-refractivity contribution in [3.63, 3.8) is 0 Å². The second kappa shape index (κ2) is 13.2. The molecule has 3 atom stereocenters. The predicted octanol–water partition coefficient (Wildman–Crippen LogP) is 9.52. The van der Waals surface area contributed by atoms with Gasteiger partial charge in [0.2, 0.25) is 0 Å². The largest absolute Gasteiger partial charge is 0.324 e. The summed E-state index contributed by atoms with van der Waals surface area (Å²) in [5, 5.41) is 1.58. The standard InChI is InChI=1S/C35H40ClN3/c1-6-23(3)21-38-22-24(4)35-28-14-16-30(25(5)37)27(18-28)13-11-9-8-10-12-26(7-2)31-20-34(36)39-33-17-15-29(35)19-32(31)33/h7-10,12,14-23,25,35H,6,11,13,37H2,1-5H3/b9-8?,12-10-,24-22+,26-7+,38-21?. The summed E-state index contributed by atoms with van der Waals surface area (Å²) in [4.78, 5) is 9.37. The summed E-state index contributed by atoms with van der Waals surface area (Å²) < 4.78 is 0. The van der Waals surface area contributed by atoms with Gasteiger partial charge in [-0.1, -0.05) is 80.1 Å². The summed E-state index contributed by atoms with van der Waals surface area (Å²) in [6.07, 6.45) is 17.7. The molecule has 3 unspecified atom stereocenters. The minimum absolute atomic E-state index is 0.0217. The Morgan fingerprint density at radius 2 is 1.90 bits per heavy atom. The molecule has 1 aliphatic rings. The maximum absolute atomic E-state index is 6.49. The molecule has 2 aromatic carbocycles. The summed E-state index contributed by atoms with van der Waals surface area (Å²) in [5.41, 5.74) is 15.6.